The summed E-state index contributed by atoms with van der Waals surface area (Å²) in [6, 6.07) is 8.12. The highest BCUT2D eigenvalue weighted by Gasteiger charge is 2.19. The van der Waals surface area contributed by atoms with Gasteiger partial charge < -0.3 is 4.52 Å². The molecule has 3 aromatic rings. The normalized spacial score (nSPS) is 12.7. The van der Waals surface area contributed by atoms with E-state index in [1.165, 1.54) is 0 Å². The standard InChI is InChI=1S/C16H17BrN4OS/c1-10(2)14-19-15(22-20-14)11(3)23-16-18-8-9-21(16)13-6-4-12(17)5-7-13/h4-11H,1-3H3/t11-/m0/s1. The van der Waals surface area contributed by atoms with Crippen LogP contribution in [-0.2, 0) is 0 Å². The number of hydrogen-bond acceptors (Lipinski definition) is 5. The Morgan fingerprint density at radius 3 is 2.57 bits per heavy atom. The molecule has 0 N–H and O–H groups in total. The molecule has 0 unspecified atom stereocenters. The summed E-state index contributed by atoms with van der Waals surface area (Å²) in [5, 5.41) is 4.95. The molecule has 1 atom stereocenters. The fourth-order valence-corrected chi connectivity index (χ4v) is 3.21. The third-order valence-electron chi connectivity index (χ3n) is 3.32. The van der Waals surface area contributed by atoms with Gasteiger partial charge in [0.05, 0.1) is 5.25 Å². The van der Waals surface area contributed by atoms with Crippen LogP contribution in [0.25, 0.3) is 5.69 Å². The topological polar surface area (TPSA) is 56.7 Å². The minimum absolute atomic E-state index is 0.0339. The lowest BCUT2D eigenvalue weighted by Gasteiger charge is -2.10. The van der Waals surface area contributed by atoms with Crippen molar-refractivity contribution in [1.29, 1.82) is 0 Å². The molecule has 23 heavy (non-hydrogen) atoms. The quantitative estimate of drug-likeness (QED) is 0.572. The molecular weight excluding hydrogens is 376 g/mol. The summed E-state index contributed by atoms with van der Waals surface area (Å²) in [6.07, 6.45) is 3.75. The largest absolute Gasteiger partial charge is 0.338 e. The number of thioether (sulfide) groups is 1. The first-order chi connectivity index (χ1) is 11.0. The molecule has 0 radical (unpaired) electrons. The van der Waals surface area contributed by atoms with Crippen LogP contribution in [-0.4, -0.2) is 19.7 Å². The summed E-state index contributed by atoms with van der Waals surface area (Å²) in [5.74, 6) is 1.63. The fourth-order valence-electron chi connectivity index (χ4n) is 2.03. The molecule has 0 saturated carbocycles. The molecular formula is C16H17BrN4OS. The molecule has 0 aliphatic carbocycles. The number of aromatic nitrogens is 4. The lowest BCUT2D eigenvalue weighted by atomic mass is 10.2. The van der Waals surface area contributed by atoms with Crippen molar-refractivity contribution in [2.75, 3.05) is 0 Å². The number of hydrogen-bond donors (Lipinski definition) is 0. The molecule has 0 bridgehead atoms. The molecule has 5 nitrogen and oxygen atoms in total. The monoisotopic (exact) mass is 392 g/mol. The van der Waals surface area contributed by atoms with Gasteiger partial charge in [-0.15, -0.1) is 0 Å². The minimum Gasteiger partial charge on any atom is -0.338 e. The predicted molar refractivity (Wildman–Crippen MR) is 93.9 cm³/mol. The van der Waals surface area contributed by atoms with Crippen LogP contribution in [0.15, 0.2) is 50.8 Å². The second kappa shape index (κ2) is 6.88. The summed E-state index contributed by atoms with van der Waals surface area (Å²) in [6.45, 7) is 6.14. The Morgan fingerprint density at radius 1 is 1.17 bits per heavy atom. The molecule has 120 valence electrons. The van der Waals surface area contributed by atoms with Gasteiger partial charge in [-0.2, -0.15) is 4.98 Å². The highest BCUT2D eigenvalue weighted by atomic mass is 79.9. The molecule has 7 heteroatoms. The van der Waals surface area contributed by atoms with Gasteiger partial charge in [-0.1, -0.05) is 46.7 Å². The van der Waals surface area contributed by atoms with Crippen LogP contribution in [0.3, 0.4) is 0 Å². The van der Waals surface area contributed by atoms with Gasteiger partial charge in [0.1, 0.15) is 0 Å². The summed E-state index contributed by atoms with van der Waals surface area (Å²) in [5.41, 5.74) is 1.06. The van der Waals surface area contributed by atoms with Gasteiger partial charge in [-0.05, 0) is 31.2 Å². The van der Waals surface area contributed by atoms with Crippen LogP contribution in [0.2, 0.25) is 0 Å². The van der Waals surface area contributed by atoms with E-state index in [2.05, 4.69) is 31.1 Å². The first kappa shape index (κ1) is 16.3. The van der Waals surface area contributed by atoms with Crippen molar-refractivity contribution in [2.45, 2.75) is 37.1 Å². The maximum Gasteiger partial charge on any atom is 0.239 e. The predicted octanol–water partition coefficient (Wildman–Crippen LogP) is 4.99. The molecule has 2 heterocycles. The maximum atomic E-state index is 5.37. The lowest BCUT2D eigenvalue weighted by Crippen LogP contribution is -1.98. The van der Waals surface area contributed by atoms with Crippen molar-refractivity contribution in [3.8, 4) is 5.69 Å². The average molecular weight is 393 g/mol. The van der Waals surface area contributed by atoms with Crippen molar-refractivity contribution < 1.29 is 4.52 Å². The average Bonchev–Trinajstić information content (AvgIpc) is 3.17. The molecule has 3 rings (SSSR count). The number of halogens is 1. The number of nitrogens with zero attached hydrogens (tertiary/aromatic N) is 4. The Bertz CT molecular complexity index is 781. The third kappa shape index (κ3) is 3.67. The molecule has 0 aliphatic heterocycles. The molecule has 0 spiro atoms. The molecule has 0 aliphatic rings. The van der Waals surface area contributed by atoms with Crippen LogP contribution in [0.1, 0.15) is 43.7 Å². The maximum absolute atomic E-state index is 5.37. The summed E-state index contributed by atoms with van der Waals surface area (Å²) in [7, 11) is 0. The van der Waals surface area contributed by atoms with Crippen molar-refractivity contribution in [3.05, 3.63) is 52.8 Å². The van der Waals surface area contributed by atoms with Crippen LogP contribution < -0.4 is 0 Å². The SMILES string of the molecule is CC(C)c1noc([C@H](C)Sc2nccn2-c2ccc(Br)cc2)n1. The Morgan fingerprint density at radius 2 is 1.91 bits per heavy atom. The summed E-state index contributed by atoms with van der Waals surface area (Å²) < 4.78 is 8.47. The summed E-state index contributed by atoms with van der Waals surface area (Å²) in [4.78, 5) is 8.91. The Hall–Kier alpha value is -1.60. The zero-order valence-electron chi connectivity index (χ0n) is 13.1. The molecule has 1 aromatic carbocycles. The van der Waals surface area contributed by atoms with E-state index in [4.69, 9.17) is 4.52 Å². The zero-order valence-corrected chi connectivity index (χ0v) is 15.5. The Labute approximate surface area is 147 Å². The number of rotatable bonds is 5. The van der Waals surface area contributed by atoms with Crippen molar-refractivity contribution >= 4 is 27.7 Å². The second-order valence-electron chi connectivity index (χ2n) is 5.46. The molecule has 0 amide bonds. The van der Waals surface area contributed by atoms with Gasteiger partial charge in [0.2, 0.25) is 5.89 Å². The van der Waals surface area contributed by atoms with E-state index < -0.39 is 0 Å². The van der Waals surface area contributed by atoms with Crippen molar-refractivity contribution in [3.63, 3.8) is 0 Å². The van der Waals surface area contributed by atoms with Crippen molar-refractivity contribution in [1.82, 2.24) is 19.7 Å². The fraction of sp³-hybridized carbons (Fsp3) is 0.312. The van der Waals surface area contributed by atoms with Crippen LogP contribution in [0, 0.1) is 0 Å². The molecule has 2 aromatic heterocycles. The van der Waals surface area contributed by atoms with E-state index in [1.807, 2.05) is 55.8 Å². The smallest absolute Gasteiger partial charge is 0.239 e. The first-order valence-electron chi connectivity index (χ1n) is 7.34. The van der Waals surface area contributed by atoms with Crippen LogP contribution in [0.5, 0.6) is 0 Å². The molecule has 0 saturated heterocycles. The third-order valence-corrected chi connectivity index (χ3v) is 4.91. The van der Waals surface area contributed by atoms with E-state index in [9.17, 15) is 0 Å². The highest BCUT2D eigenvalue weighted by Crippen LogP contribution is 2.34. The Balaban J connectivity index is 1.80. The summed E-state index contributed by atoms with van der Waals surface area (Å²) >= 11 is 5.05. The van der Waals surface area contributed by atoms with Gasteiger partial charge in [-0.3, -0.25) is 4.57 Å². The van der Waals surface area contributed by atoms with Gasteiger partial charge >= 0.3 is 0 Å². The van der Waals surface area contributed by atoms with Crippen LogP contribution >= 0.6 is 27.7 Å². The van der Waals surface area contributed by atoms with Crippen molar-refractivity contribution in [2.24, 2.45) is 0 Å². The van der Waals surface area contributed by atoms with Gasteiger partial charge in [0, 0.05) is 28.5 Å². The van der Waals surface area contributed by atoms with E-state index in [1.54, 1.807) is 18.0 Å². The minimum atomic E-state index is 0.0339. The van der Waals surface area contributed by atoms with E-state index in [-0.39, 0.29) is 11.2 Å². The zero-order chi connectivity index (χ0) is 16.4. The van der Waals surface area contributed by atoms with Gasteiger partial charge in [-0.25, -0.2) is 4.98 Å². The lowest BCUT2D eigenvalue weighted by molar-refractivity contribution is 0.373. The Kier molecular flexibility index (Phi) is 4.87. The first-order valence-corrected chi connectivity index (χ1v) is 9.01. The van der Waals surface area contributed by atoms with E-state index in [0.717, 1.165) is 21.1 Å². The second-order valence-corrected chi connectivity index (χ2v) is 7.69. The van der Waals surface area contributed by atoms with Gasteiger partial charge in [0.25, 0.3) is 0 Å². The molecule has 0 fully saturated rings. The number of imidazole rings is 1. The van der Waals surface area contributed by atoms with Crippen LogP contribution in [0.4, 0.5) is 0 Å². The van der Waals surface area contributed by atoms with E-state index in [0.29, 0.717) is 5.89 Å². The van der Waals surface area contributed by atoms with E-state index >= 15 is 0 Å². The van der Waals surface area contributed by atoms with Gasteiger partial charge in [0.15, 0.2) is 11.0 Å². The highest BCUT2D eigenvalue weighted by molar-refractivity contribution is 9.10. The number of benzene rings is 1.